The van der Waals surface area contributed by atoms with Crippen molar-refractivity contribution in [2.45, 2.75) is 32.2 Å². The van der Waals surface area contributed by atoms with E-state index in [1.165, 1.54) is 11.1 Å². The van der Waals surface area contributed by atoms with Gasteiger partial charge in [0, 0.05) is 11.8 Å². The van der Waals surface area contributed by atoms with Crippen LogP contribution >= 0.6 is 0 Å². The molecule has 21 heavy (non-hydrogen) atoms. The summed E-state index contributed by atoms with van der Waals surface area (Å²) in [7, 11) is 3.61. The number of hydrogen-bond donors (Lipinski definition) is 1. The topological polar surface area (TPSA) is 34.2 Å². The second kappa shape index (κ2) is 6.27. The van der Waals surface area contributed by atoms with Gasteiger partial charge >= 0.3 is 0 Å². The molecule has 0 aliphatic rings. The first-order valence-corrected chi connectivity index (χ1v) is 7.24. The van der Waals surface area contributed by atoms with Crippen molar-refractivity contribution in [2.24, 2.45) is 0 Å². The highest BCUT2D eigenvalue weighted by atomic mass is 16.5. The van der Waals surface area contributed by atoms with Crippen molar-refractivity contribution in [3.8, 4) is 5.88 Å². The molecule has 0 bridgehead atoms. The van der Waals surface area contributed by atoms with Gasteiger partial charge in [-0.2, -0.15) is 0 Å². The molecule has 0 aliphatic heterocycles. The van der Waals surface area contributed by atoms with Crippen LogP contribution in [0.3, 0.4) is 0 Å². The van der Waals surface area contributed by atoms with Crippen molar-refractivity contribution in [3.63, 3.8) is 0 Å². The van der Waals surface area contributed by atoms with Crippen molar-refractivity contribution in [1.82, 2.24) is 10.3 Å². The van der Waals surface area contributed by atoms with Gasteiger partial charge in [-0.05, 0) is 29.7 Å². The van der Waals surface area contributed by atoms with Crippen LogP contribution in [0, 0.1) is 0 Å². The van der Waals surface area contributed by atoms with Gasteiger partial charge in [0.05, 0.1) is 13.2 Å². The summed E-state index contributed by atoms with van der Waals surface area (Å²) < 4.78 is 5.38. The maximum Gasteiger partial charge on any atom is 0.218 e. The average Bonchev–Trinajstić information content (AvgIpc) is 2.48. The normalized spacial score (nSPS) is 13.0. The van der Waals surface area contributed by atoms with Crippen molar-refractivity contribution < 1.29 is 4.74 Å². The van der Waals surface area contributed by atoms with Gasteiger partial charge in [0.2, 0.25) is 5.88 Å². The molecule has 112 valence electrons. The van der Waals surface area contributed by atoms with Gasteiger partial charge in [0.25, 0.3) is 0 Å². The minimum absolute atomic E-state index is 0.0719. The molecule has 2 aromatic rings. The lowest BCUT2D eigenvalue weighted by Crippen LogP contribution is -2.19. The van der Waals surface area contributed by atoms with Gasteiger partial charge in [-0.25, -0.2) is 4.98 Å². The van der Waals surface area contributed by atoms with E-state index in [4.69, 9.17) is 4.74 Å². The quantitative estimate of drug-likeness (QED) is 0.929. The van der Waals surface area contributed by atoms with Crippen LogP contribution in [0.1, 0.15) is 43.5 Å². The second-order valence-corrected chi connectivity index (χ2v) is 6.20. The molecule has 1 unspecified atom stereocenters. The van der Waals surface area contributed by atoms with E-state index in [1.54, 1.807) is 13.3 Å². The number of pyridine rings is 1. The summed E-state index contributed by atoms with van der Waals surface area (Å²) in [4.78, 5) is 4.29. The van der Waals surface area contributed by atoms with Crippen LogP contribution in [-0.2, 0) is 5.41 Å². The van der Waals surface area contributed by atoms with Gasteiger partial charge in [0.1, 0.15) is 0 Å². The number of hydrogen-bond acceptors (Lipinski definition) is 3. The highest BCUT2D eigenvalue weighted by Gasteiger charge is 2.18. The number of methoxy groups -OCH3 is 1. The summed E-state index contributed by atoms with van der Waals surface area (Å²) in [6, 6.07) is 12.8. The zero-order valence-corrected chi connectivity index (χ0v) is 13.5. The molecule has 3 nitrogen and oxygen atoms in total. The molecule has 1 N–H and O–H groups in total. The number of nitrogens with zero attached hydrogens (tertiary/aromatic N) is 1. The summed E-state index contributed by atoms with van der Waals surface area (Å²) in [5, 5.41) is 3.35. The van der Waals surface area contributed by atoms with Gasteiger partial charge in [0.15, 0.2) is 0 Å². The van der Waals surface area contributed by atoms with Gasteiger partial charge in [-0.1, -0.05) is 51.1 Å². The number of benzene rings is 1. The predicted molar refractivity (Wildman–Crippen MR) is 86.8 cm³/mol. The highest BCUT2D eigenvalue weighted by Crippen LogP contribution is 2.30. The van der Waals surface area contributed by atoms with E-state index in [0.29, 0.717) is 5.88 Å². The lowest BCUT2D eigenvalue weighted by molar-refractivity contribution is 0.388. The SMILES string of the molecule is CNC(c1ccc(C(C)(C)C)cc1)c1cccnc1OC. The molecule has 0 saturated carbocycles. The average molecular weight is 284 g/mol. The zero-order chi connectivity index (χ0) is 15.5. The maximum atomic E-state index is 5.38. The Labute approximate surface area is 127 Å². The molecule has 0 fully saturated rings. The van der Waals surface area contributed by atoms with Crippen LogP contribution in [0.2, 0.25) is 0 Å². The van der Waals surface area contributed by atoms with Crippen LogP contribution in [0.5, 0.6) is 5.88 Å². The van der Waals surface area contributed by atoms with E-state index in [9.17, 15) is 0 Å². The zero-order valence-electron chi connectivity index (χ0n) is 13.5. The molecule has 1 aromatic heterocycles. The monoisotopic (exact) mass is 284 g/mol. The fraction of sp³-hybridized carbons (Fsp3) is 0.389. The summed E-state index contributed by atoms with van der Waals surface area (Å²) in [5.41, 5.74) is 3.75. The van der Waals surface area contributed by atoms with Crippen molar-refractivity contribution in [1.29, 1.82) is 0 Å². The molecular formula is C18H24N2O. The van der Waals surface area contributed by atoms with E-state index in [0.717, 1.165) is 5.56 Å². The molecule has 0 amide bonds. The Morgan fingerprint density at radius 3 is 2.29 bits per heavy atom. The molecular weight excluding hydrogens is 260 g/mol. The number of nitrogens with one attached hydrogen (secondary N) is 1. The Balaban J connectivity index is 2.38. The van der Waals surface area contributed by atoms with E-state index < -0.39 is 0 Å². The standard InChI is InChI=1S/C18H24N2O/c1-18(2,3)14-10-8-13(9-11-14)16(19-4)15-7-6-12-20-17(15)21-5/h6-12,16,19H,1-5H3. The van der Waals surface area contributed by atoms with Gasteiger partial charge in [-0.15, -0.1) is 0 Å². The summed E-state index contributed by atoms with van der Waals surface area (Å²) in [5.74, 6) is 0.664. The number of aromatic nitrogens is 1. The predicted octanol–water partition coefficient (Wildman–Crippen LogP) is 3.70. The van der Waals surface area contributed by atoms with Crippen LogP contribution in [-0.4, -0.2) is 19.1 Å². The van der Waals surface area contributed by atoms with E-state index >= 15 is 0 Å². The lowest BCUT2D eigenvalue weighted by Gasteiger charge is -2.22. The summed E-state index contributed by atoms with van der Waals surface area (Å²) >= 11 is 0. The fourth-order valence-electron chi connectivity index (χ4n) is 2.47. The third kappa shape index (κ3) is 3.42. The molecule has 0 aliphatic carbocycles. The largest absolute Gasteiger partial charge is 0.481 e. The summed E-state index contributed by atoms with van der Waals surface area (Å²) in [6.07, 6.45) is 1.75. The molecule has 2 rings (SSSR count). The Morgan fingerprint density at radius 2 is 1.76 bits per heavy atom. The van der Waals surface area contributed by atoms with Gasteiger partial charge < -0.3 is 10.1 Å². The number of ether oxygens (including phenoxy) is 1. The molecule has 1 aromatic carbocycles. The Bertz CT molecular complexity index is 585. The third-order valence-electron chi connectivity index (χ3n) is 3.70. The van der Waals surface area contributed by atoms with Crippen LogP contribution in [0.15, 0.2) is 42.6 Å². The minimum Gasteiger partial charge on any atom is -0.481 e. The smallest absolute Gasteiger partial charge is 0.218 e. The Hall–Kier alpha value is -1.87. The third-order valence-corrected chi connectivity index (χ3v) is 3.70. The van der Waals surface area contributed by atoms with E-state index in [2.05, 4.69) is 55.3 Å². The Kier molecular flexibility index (Phi) is 4.63. The molecule has 3 heteroatoms. The van der Waals surface area contributed by atoms with E-state index in [1.807, 2.05) is 19.2 Å². The van der Waals surface area contributed by atoms with Crippen LogP contribution in [0.25, 0.3) is 0 Å². The number of rotatable bonds is 4. The lowest BCUT2D eigenvalue weighted by atomic mass is 9.86. The first-order valence-electron chi connectivity index (χ1n) is 7.24. The van der Waals surface area contributed by atoms with Crippen LogP contribution in [0.4, 0.5) is 0 Å². The Morgan fingerprint density at radius 1 is 1.10 bits per heavy atom. The highest BCUT2D eigenvalue weighted by molar-refractivity contribution is 5.39. The molecule has 0 radical (unpaired) electrons. The van der Waals surface area contributed by atoms with Gasteiger partial charge in [-0.3, -0.25) is 0 Å². The second-order valence-electron chi connectivity index (χ2n) is 6.20. The van der Waals surface area contributed by atoms with E-state index in [-0.39, 0.29) is 11.5 Å². The molecule has 0 spiro atoms. The molecule has 0 saturated heterocycles. The molecule has 1 heterocycles. The first kappa shape index (κ1) is 15.5. The molecule has 1 atom stereocenters. The van der Waals surface area contributed by atoms with Crippen molar-refractivity contribution >= 4 is 0 Å². The summed E-state index contributed by atoms with van der Waals surface area (Å²) in [6.45, 7) is 6.67. The first-order chi connectivity index (χ1) is 9.97. The maximum absolute atomic E-state index is 5.38. The van der Waals surface area contributed by atoms with Crippen molar-refractivity contribution in [3.05, 3.63) is 59.3 Å². The van der Waals surface area contributed by atoms with Crippen LogP contribution < -0.4 is 10.1 Å². The fourth-order valence-corrected chi connectivity index (χ4v) is 2.47. The van der Waals surface area contributed by atoms with Crippen molar-refractivity contribution in [2.75, 3.05) is 14.2 Å². The minimum atomic E-state index is 0.0719.